The molecule has 1 aliphatic carbocycles. The number of methoxy groups -OCH3 is 1. The van der Waals surface area contributed by atoms with Crippen LogP contribution in [-0.2, 0) is 14.3 Å². The van der Waals surface area contributed by atoms with Gasteiger partial charge in [-0.05, 0) is 31.1 Å². The maximum absolute atomic E-state index is 12.2. The summed E-state index contributed by atoms with van der Waals surface area (Å²) in [5.74, 6) is 0.215. The second kappa shape index (κ2) is 8.28. The number of amides is 1. The zero-order chi connectivity index (χ0) is 15.0. The summed E-state index contributed by atoms with van der Waals surface area (Å²) < 4.78 is 4.59. The maximum atomic E-state index is 12.2. The van der Waals surface area contributed by atoms with Crippen molar-refractivity contribution in [1.29, 1.82) is 0 Å². The molecule has 1 amide bonds. The number of unbranched alkanes of at least 4 members (excludes halogenated alkanes) is 2. The Bertz CT molecular complexity index is 326. The molecule has 0 aliphatic heterocycles. The monoisotopic (exact) mass is 283 g/mol. The first kappa shape index (κ1) is 17.0. The Balaban J connectivity index is 2.15. The van der Waals surface area contributed by atoms with E-state index in [4.69, 9.17) is 0 Å². The number of ether oxygens (including phenoxy) is 1. The molecule has 1 N–H and O–H groups in total. The summed E-state index contributed by atoms with van der Waals surface area (Å²) in [4.78, 5) is 23.2. The van der Waals surface area contributed by atoms with Gasteiger partial charge < -0.3 is 10.1 Å². The number of carbonyl (C=O) groups excluding carboxylic acids is 2. The van der Waals surface area contributed by atoms with Crippen molar-refractivity contribution in [1.82, 2.24) is 5.32 Å². The minimum atomic E-state index is -0.155. The van der Waals surface area contributed by atoms with E-state index in [9.17, 15) is 9.59 Å². The zero-order valence-electron chi connectivity index (χ0n) is 13.2. The molecule has 0 aromatic rings. The molecule has 0 spiro atoms. The van der Waals surface area contributed by atoms with Gasteiger partial charge in [-0.1, -0.05) is 33.1 Å². The van der Waals surface area contributed by atoms with Crippen LogP contribution in [0.15, 0.2) is 0 Å². The van der Waals surface area contributed by atoms with E-state index in [2.05, 4.69) is 23.9 Å². The van der Waals surface area contributed by atoms with Crippen LogP contribution in [0, 0.1) is 11.3 Å². The molecule has 0 saturated heterocycles. The van der Waals surface area contributed by atoms with Crippen molar-refractivity contribution < 1.29 is 14.3 Å². The normalized spacial score (nSPS) is 21.2. The van der Waals surface area contributed by atoms with Crippen LogP contribution < -0.4 is 5.32 Å². The lowest BCUT2D eigenvalue weighted by molar-refractivity contribution is -0.140. The first-order valence-electron chi connectivity index (χ1n) is 7.82. The summed E-state index contributed by atoms with van der Waals surface area (Å²) in [6, 6.07) is 0. The van der Waals surface area contributed by atoms with Crippen LogP contribution in [0.3, 0.4) is 0 Å². The van der Waals surface area contributed by atoms with Gasteiger partial charge in [0, 0.05) is 18.9 Å². The van der Waals surface area contributed by atoms with E-state index in [1.54, 1.807) is 0 Å². The molecule has 0 aromatic carbocycles. The Hall–Kier alpha value is -1.06. The smallest absolute Gasteiger partial charge is 0.305 e. The first-order chi connectivity index (χ1) is 9.47. The van der Waals surface area contributed by atoms with E-state index in [0.29, 0.717) is 13.0 Å². The first-order valence-corrected chi connectivity index (χ1v) is 7.82. The van der Waals surface area contributed by atoms with E-state index in [0.717, 1.165) is 32.1 Å². The highest BCUT2D eigenvalue weighted by molar-refractivity contribution is 5.79. The van der Waals surface area contributed by atoms with Crippen LogP contribution in [-0.4, -0.2) is 25.5 Å². The van der Waals surface area contributed by atoms with Crippen molar-refractivity contribution in [3.63, 3.8) is 0 Å². The molecule has 1 saturated carbocycles. The van der Waals surface area contributed by atoms with E-state index in [1.807, 2.05) is 0 Å². The maximum Gasteiger partial charge on any atom is 0.305 e. The fourth-order valence-electron chi connectivity index (χ4n) is 2.99. The summed E-state index contributed by atoms with van der Waals surface area (Å²) in [6.45, 7) is 5.12. The molecule has 0 bridgehead atoms. The lowest BCUT2D eigenvalue weighted by atomic mass is 9.68. The molecule has 1 rings (SSSR count). The lowest BCUT2D eigenvalue weighted by Gasteiger charge is -2.37. The Kier molecular flexibility index (Phi) is 7.03. The molecule has 20 heavy (non-hydrogen) atoms. The van der Waals surface area contributed by atoms with Crippen LogP contribution in [0.1, 0.15) is 65.2 Å². The van der Waals surface area contributed by atoms with Crippen molar-refractivity contribution >= 4 is 11.9 Å². The third-order valence-corrected chi connectivity index (χ3v) is 4.41. The average Bonchev–Trinajstić information content (AvgIpc) is 2.41. The molecule has 0 aromatic heterocycles. The van der Waals surface area contributed by atoms with E-state index in [-0.39, 0.29) is 23.2 Å². The molecular formula is C16H29NO3. The molecule has 1 atom stereocenters. The number of rotatable bonds is 7. The highest BCUT2D eigenvalue weighted by atomic mass is 16.5. The van der Waals surface area contributed by atoms with Crippen LogP contribution >= 0.6 is 0 Å². The predicted octanol–water partition coefficient (Wildman–Crippen LogP) is 3.05. The fourth-order valence-corrected chi connectivity index (χ4v) is 2.99. The topological polar surface area (TPSA) is 55.4 Å². The second-order valence-electron chi connectivity index (χ2n) is 6.46. The van der Waals surface area contributed by atoms with Crippen molar-refractivity contribution in [2.45, 2.75) is 65.2 Å². The molecule has 1 fully saturated rings. The van der Waals surface area contributed by atoms with E-state index >= 15 is 0 Å². The summed E-state index contributed by atoms with van der Waals surface area (Å²) in [5, 5.41) is 3.05. The molecule has 0 heterocycles. The summed E-state index contributed by atoms with van der Waals surface area (Å²) >= 11 is 0. The number of nitrogens with one attached hydrogen (secondary N) is 1. The van der Waals surface area contributed by atoms with Crippen molar-refractivity contribution in [2.24, 2.45) is 11.3 Å². The molecule has 4 nitrogen and oxygen atoms in total. The Morgan fingerprint density at radius 1 is 1.20 bits per heavy atom. The molecule has 116 valence electrons. The van der Waals surface area contributed by atoms with Crippen LogP contribution in [0.2, 0.25) is 0 Å². The summed E-state index contributed by atoms with van der Waals surface area (Å²) in [5.41, 5.74) is 0.132. The van der Waals surface area contributed by atoms with Crippen molar-refractivity contribution in [3.8, 4) is 0 Å². The van der Waals surface area contributed by atoms with Crippen LogP contribution in [0.5, 0.6) is 0 Å². The highest BCUT2D eigenvalue weighted by Crippen LogP contribution is 2.40. The van der Waals surface area contributed by atoms with Gasteiger partial charge in [-0.25, -0.2) is 0 Å². The summed E-state index contributed by atoms with van der Waals surface area (Å²) in [7, 11) is 1.41. The van der Waals surface area contributed by atoms with Gasteiger partial charge in [0.2, 0.25) is 5.91 Å². The van der Waals surface area contributed by atoms with Gasteiger partial charge in [0.05, 0.1) is 7.11 Å². The lowest BCUT2D eigenvalue weighted by Crippen LogP contribution is -2.41. The quantitative estimate of drug-likeness (QED) is 0.577. The fraction of sp³-hybridized carbons (Fsp3) is 0.875. The number of hydrogen-bond acceptors (Lipinski definition) is 3. The minimum Gasteiger partial charge on any atom is -0.469 e. The van der Waals surface area contributed by atoms with Crippen LogP contribution in [0.25, 0.3) is 0 Å². The Morgan fingerprint density at radius 3 is 2.60 bits per heavy atom. The van der Waals surface area contributed by atoms with Gasteiger partial charge in [0.1, 0.15) is 0 Å². The standard InChI is InChI=1S/C16H29NO3/c1-16(2)11-7-6-9-13(16)15(19)17-12-8-4-5-10-14(18)20-3/h13H,4-12H2,1-3H3,(H,17,19). The summed E-state index contributed by atoms with van der Waals surface area (Å²) in [6.07, 6.45) is 7.74. The van der Waals surface area contributed by atoms with Gasteiger partial charge in [-0.2, -0.15) is 0 Å². The van der Waals surface area contributed by atoms with E-state index in [1.165, 1.54) is 20.0 Å². The van der Waals surface area contributed by atoms with Gasteiger partial charge in [0.25, 0.3) is 0 Å². The van der Waals surface area contributed by atoms with E-state index < -0.39 is 0 Å². The molecule has 1 unspecified atom stereocenters. The van der Waals surface area contributed by atoms with Crippen molar-refractivity contribution in [2.75, 3.05) is 13.7 Å². The van der Waals surface area contributed by atoms with Gasteiger partial charge in [0.15, 0.2) is 0 Å². The van der Waals surface area contributed by atoms with Gasteiger partial charge in [-0.3, -0.25) is 9.59 Å². The second-order valence-corrected chi connectivity index (χ2v) is 6.46. The minimum absolute atomic E-state index is 0.132. The van der Waals surface area contributed by atoms with Crippen molar-refractivity contribution in [3.05, 3.63) is 0 Å². The van der Waals surface area contributed by atoms with Crippen LogP contribution in [0.4, 0.5) is 0 Å². The highest BCUT2D eigenvalue weighted by Gasteiger charge is 2.36. The predicted molar refractivity (Wildman–Crippen MR) is 79.2 cm³/mol. The third-order valence-electron chi connectivity index (χ3n) is 4.41. The third kappa shape index (κ3) is 5.51. The molecule has 0 radical (unpaired) electrons. The molecule has 4 heteroatoms. The Labute approximate surface area is 122 Å². The largest absolute Gasteiger partial charge is 0.469 e. The van der Waals surface area contributed by atoms with Gasteiger partial charge in [-0.15, -0.1) is 0 Å². The number of esters is 1. The number of carbonyl (C=O) groups is 2. The number of hydrogen-bond donors (Lipinski definition) is 1. The average molecular weight is 283 g/mol. The zero-order valence-corrected chi connectivity index (χ0v) is 13.2. The van der Waals surface area contributed by atoms with Gasteiger partial charge >= 0.3 is 5.97 Å². The Morgan fingerprint density at radius 2 is 1.95 bits per heavy atom. The molecule has 1 aliphatic rings. The molecular weight excluding hydrogens is 254 g/mol. The SMILES string of the molecule is COC(=O)CCCCCNC(=O)C1CCCCC1(C)C.